The minimum atomic E-state index is -1.05. The molecule has 0 bridgehead atoms. The molecule has 0 spiro atoms. The summed E-state index contributed by atoms with van der Waals surface area (Å²) in [5, 5.41) is 15.1. The number of carboxylic acid groups (broad SMARTS) is 1. The molecule has 0 aromatic heterocycles. The molecule has 0 aliphatic heterocycles. The lowest BCUT2D eigenvalue weighted by molar-refractivity contribution is -0.139. The molecule has 0 radical (unpaired) electrons. The normalized spacial score (nSPS) is 11.6. The first kappa shape index (κ1) is 25.5. The highest BCUT2D eigenvalue weighted by Crippen LogP contribution is 2.28. The number of unbranched alkanes of at least 4 members (excludes halogenated alkanes) is 1. The second kappa shape index (κ2) is 12.9. The third kappa shape index (κ3) is 7.41. The Hall–Kier alpha value is -2.80. The highest BCUT2D eigenvalue weighted by molar-refractivity contribution is 7.98. The third-order valence-electron chi connectivity index (χ3n) is 5.20. The minimum Gasteiger partial charge on any atom is -0.480 e. The zero-order valence-electron chi connectivity index (χ0n) is 18.9. The number of aryl methyl sites for hydroxylation is 1. The van der Waals surface area contributed by atoms with Crippen LogP contribution >= 0.6 is 11.8 Å². The highest BCUT2D eigenvalue weighted by atomic mass is 32.2. The summed E-state index contributed by atoms with van der Waals surface area (Å²) < 4.78 is 0. The number of carbonyl (C=O) groups is 3. The monoisotopic (exact) mass is 456 g/mol. The van der Waals surface area contributed by atoms with Gasteiger partial charge in [0.15, 0.2) is 0 Å². The van der Waals surface area contributed by atoms with E-state index in [0.717, 1.165) is 29.5 Å². The van der Waals surface area contributed by atoms with Gasteiger partial charge in [-0.2, -0.15) is 11.8 Å². The Morgan fingerprint density at radius 1 is 1.09 bits per heavy atom. The van der Waals surface area contributed by atoms with Crippen molar-refractivity contribution in [2.75, 3.05) is 18.6 Å². The van der Waals surface area contributed by atoms with E-state index < -0.39 is 17.9 Å². The van der Waals surface area contributed by atoms with Gasteiger partial charge < -0.3 is 15.7 Å². The lowest BCUT2D eigenvalue weighted by Crippen LogP contribution is -2.41. The molecule has 3 N–H and O–H groups in total. The summed E-state index contributed by atoms with van der Waals surface area (Å²) in [5.74, 6) is -0.913. The van der Waals surface area contributed by atoms with Crippen molar-refractivity contribution >= 4 is 29.5 Å². The summed E-state index contributed by atoms with van der Waals surface area (Å²) in [7, 11) is 0. The van der Waals surface area contributed by atoms with Crippen LogP contribution in [0.3, 0.4) is 0 Å². The van der Waals surface area contributed by atoms with E-state index in [1.54, 1.807) is 12.1 Å². The van der Waals surface area contributed by atoms with Gasteiger partial charge in [0.05, 0.1) is 6.42 Å². The van der Waals surface area contributed by atoms with E-state index in [1.165, 1.54) is 11.8 Å². The van der Waals surface area contributed by atoms with Gasteiger partial charge in [0.2, 0.25) is 5.91 Å². The van der Waals surface area contributed by atoms with E-state index >= 15 is 0 Å². The number of thioether (sulfide) groups is 1. The number of hydrogen-bond donors (Lipinski definition) is 3. The zero-order chi connectivity index (χ0) is 23.5. The Morgan fingerprint density at radius 2 is 1.84 bits per heavy atom. The Kier molecular flexibility index (Phi) is 10.3. The largest absolute Gasteiger partial charge is 0.480 e. The Labute approximate surface area is 194 Å². The lowest BCUT2D eigenvalue weighted by atomic mass is 9.93. The second-order valence-electron chi connectivity index (χ2n) is 7.72. The van der Waals surface area contributed by atoms with Gasteiger partial charge in [-0.25, -0.2) is 4.79 Å². The predicted octanol–water partition coefficient (Wildman–Crippen LogP) is 4.06. The first-order valence-electron chi connectivity index (χ1n) is 10.9. The maximum Gasteiger partial charge on any atom is 0.326 e. The van der Waals surface area contributed by atoms with Crippen molar-refractivity contribution in [3.63, 3.8) is 0 Å². The van der Waals surface area contributed by atoms with Crippen molar-refractivity contribution in [1.82, 2.24) is 10.6 Å². The number of benzene rings is 2. The molecule has 32 heavy (non-hydrogen) atoms. The van der Waals surface area contributed by atoms with Gasteiger partial charge in [-0.3, -0.25) is 9.59 Å². The summed E-state index contributed by atoms with van der Waals surface area (Å²) in [4.78, 5) is 37.0. The van der Waals surface area contributed by atoms with E-state index in [1.807, 2.05) is 43.5 Å². The van der Waals surface area contributed by atoms with Crippen molar-refractivity contribution in [3.8, 4) is 11.1 Å². The molecule has 2 rings (SSSR count). The van der Waals surface area contributed by atoms with Crippen molar-refractivity contribution in [1.29, 1.82) is 0 Å². The van der Waals surface area contributed by atoms with Crippen LogP contribution in [0.2, 0.25) is 0 Å². The van der Waals surface area contributed by atoms with Gasteiger partial charge in [0.25, 0.3) is 5.91 Å². The second-order valence-corrected chi connectivity index (χ2v) is 8.71. The number of amides is 2. The van der Waals surface area contributed by atoms with Crippen LogP contribution in [-0.2, 0) is 16.0 Å². The minimum absolute atomic E-state index is 0.0607. The van der Waals surface area contributed by atoms with Gasteiger partial charge >= 0.3 is 5.97 Å². The molecule has 1 atom stereocenters. The standard InChI is InChI=1S/C25H32N2O4S/c1-4-5-13-26-23(28)16-18-10-11-20(21(15-18)19-9-7-6-8-17(19)2)24(29)27-22(25(30)31)12-14-32-3/h6-11,15,22H,4-5,12-14,16H2,1-3H3,(H,26,28)(H,27,29)(H,30,31). The molecule has 0 heterocycles. The average molecular weight is 457 g/mol. The fraction of sp³-hybridized carbons (Fsp3) is 0.400. The fourth-order valence-electron chi connectivity index (χ4n) is 3.38. The van der Waals surface area contributed by atoms with Crippen molar-refractivity contribution < 1.29 is 19.5 Å². The van der Waals surface area contributed by atoms with E-state index in [9.17, 15) is 19.5 Å². The molecule has 0 fully saturated rings. The highest BCUT2D eigenvalue weighted by Gasteiger charge is 2.23. The molecule has 0 saturated heterocycles. The molecule has 6 nitrogen and oxygen atoms in total. The summed E-state index contributed by atoms with van der Waals surface area (Å²) in [6, 6.07) is 12.0. The molecule has 2 amide bonds. The summed E-state index contributed by atoms with van der Waals surface area (Å²) in [5.41, 5.74) is 3.74. The number of carbonyl (C=O) groups excluding carboxylic acids is 2. The van der Waals surface area contributed by atoms with Gasteiger partial charge in [0, 0.05) is 12.1 Å². The van der Waals surface area contributed by atoms with Crippen LogP contribution in [0.5, 0.6) is 0 Å². The van der Waals surface area contributed by atoms with Crippen molar-refractivity contribution in [3.05, 3.63) is 59.2 Å². The number of aliphatic carboxylic acids is 1. The van der Waals surface area contributed by atoms with E-state index in [4.69, 9.17) is 0 Å². The Bertz CT molecular complexity index is 945. The van der Waals surface area contributed by atoms with Gasteiger partial charge in [-0.05, 0) is 66.2 Å². The van der Waals surface area contributed by atoms with Gasteiger partial charge in [0.1, 0.15) is 6.04 Å². The van der Waals surface area contributed by atoms with E-state index in [2.05, 4.69) is 17.6 Å². The van der Waals surface area contributed by atoms with Crippen LogP contribution < -0.4 is 10.6 Å². The van der Waals surface area contributed by atoms with E-state index in [-0.39, 0.29) is 12.3 Å². The molecule has 0 aliphatic carbocycles. The van der Waals surface area contributed by atoms with Crippen LogP contribution in [0, 0.1) is 6.92 Å². The predicted molar refractivity (Wildman–Crippen MR) is 130 cm³/mol. The first-order chi connectivity index (χ1) is 15.4. The maximum absolute atomic E-state index is 13.1. The van der Waals surface area contributed by atoms with E-state index in [0.29, 0.717) is 29.8 Å². The molecular formula is C25H32N2O4S. The number of hydrogen-bond acceptors (Lipinski definition) is 4. The molecule has 7 heteroatoms. The quantitative estimate of drug-likeness (QED) is 0.419. The Morgan fingerprint density at radius 3 is 2.50 bits per heavy atom. The Balaban J connectivity index is 2.35. The summed E-state index contributed by atoms with van der Waals surface area (Å²) in [6.07, 6.45) is 4.40. The molecule has 0 aliphatic rings. The molecule has 2 aromatic carbocycles. The number of carboxylic acids is 1. The number of nitrogens with one attached hydrogen (secondary N) is 2. The first-order valence-corrected chi connectivity index (χ1v) is 12.2. The number of rotatable bonds is 12. The molecule has 172 valence electrons. The molecular weight excluding hydrogens is 424 g/mol. The van der Waals surface area contributed by atoms with Crippen LogP contribution in [0.15, 0.2) is 42.5 Å². The summed E-state index contributed by atoms with van der Waals surface area (Å²) in [6.45, 7) is 4.67. The maximum atomic E-state index is 13.1. The van der Waals surface area contributed by atoms with Gasteiger partial charge in [-0.1, -0.05) is 43.7 Å². The molecule has 1 unspecified atom stereocenters. The smallest absolute Gasteiger partial charge is 0.326 e. The topological polar surface area (TPSA) is 95.5 Å². The molecule has 2 aromatic rings. The van der Waals surface area contributed by atoms with Crippen LogP contribution in [0.4, 0.5) is 0 Å². The van der Waals surface area contributed by atoms with Crippen LogP contribution in [0.25, 0.3) is 11.1 Å². The third-order valence-corrected chi connectivity index (χ3v) is 5.84. The fourth-order valence-corrected chi connectivity index (χ4v) is 3.85. The summed E-state index contributed by atoms with van der Waals surface area (Å²) >= 11 is 1.53. The average Bonchev–Trinajstić information content (AvgIpc) is 2.76. The van der Waals surface area contributed by atoms with Gasteiger partial charge in [-0.15, -0.1) is 0 Å². The zero-order valence-corrected chi connectivity index (χ0v) is 19.8. The van der Waals surface area contributed by atoms with Crippen molar-refractivity contribution in [2.45, 2.75) is 45.6 Å². The SMILES string of the molecule is CCCCNC(=O)Cc1ccc(C(=O)NC(CCSC)C(=O)O)c(-c2ccccc2C)c1. The molecule has 0 saturated carbocycles. The van der Waals surface area contributed by atoms with Crippen LogP contribution in [-0.4, -0.2) is 47.5 Å². The van der Waals surface area contributed by atoms with Crippen molar-refractivity contribution in [2.24, 2.45) is 0 Å². The lowest BCUT2D eigenvalue weighted by Gasteiger charge is -2.17. The van der Waals surface area contributed by atoms with Crippen LogP contribution in [0.1, 0.15) is 47.7 Å².